The molecule has 2 N–H and O–H groups in total. The number of imide groups is 1. The fourth-order valence-electron chi connectivity index (χ4n) is 4.69. The summed E-state index contributed by atoms with van der Waals surface area (Å²) in [6.45, 7) is 1.98. The molecule has 0 unspecified atom stereocenters. The largest absolute Gasteiger partial charge is 0.322 e. The monoisotopic (exact) mass is 479 g/mol. The van der Waals surface area contributed by atoms with Crippen molar-refractivity contribution in [3.63, 3.8) is 0 Å². The van der Waals surface area contributed by atoms with E-state index in [1.54, 1.807) is 72.8 Å². The number of benzene rings is 3. The Morgan fingerprint density at radius 1 is 0.722 bits per heavy atom. The number of nitrogens with one attached hydrogen (secondary N) is 2. The number of rotatable bonds is 5. The van der Waals surface area contributed by atoms with Crippen LogP contribution in [-0.4, -0.2) is 23.6 Å². The lowest BCUT2D eigenvalue weighted by Crippen LogP contribution is -2.30. The summed E-state index contributed by atoms with van der Waals surface area (Å²) in [4.78, 5) is 52.0. The zero-order valence-electron chi connectivity index (χ0n) is 19.7. The summed E-state index contributed by atoms with van der Waals surface area (Å²) in [5, 5.41) is 5.63. The summed E-state index contributed by atoms with van der Waals surface area (Å²) in [7, 11) is 0. The average Bonchev–Trinajstić information content (AvgIpc) is 3.14. The Morgan fingerprint density at radius 3 is 1.83 bits per heavy atom. The predicted octanol–water partition coefficient (Wildman–Crippen LogP) is 5.04. The van der Waals surface area contributed by atoms with Gasteiger partial charge in [-0.1, -0.05) is 29.8 Å². The first-order valence-electron chi connectivity index (χ1n) is 11.8. The Morgan fingerprint density at radius 2 is 1.25 bits per heavy atom. The lowest BCUT2D eigenvalue weighted by molar-refractivity contribution is -0.122. The molecule has 1 heterocycles. The second-order valence-corrected chi connectivity index (χ2v) is 9.11. The zero-order valence-corrected chi connectivity index (χ0v) is 19.7. The van der Waals surface area contributed by atoms with E-state index in [2.05, 4.69) is 10.6 Å². The van der Waals surface area contributed by atoms with Crippen LogP contribution in [-0.2, 0) is 9.59 Å². The maximum absolute atomic E-state index is 12.9. The first-order valence-corrected chi connectivity index (χ1v) is 11.8. The average molecular weight is 480 g/mol. The van der Waals surface area contributed by atoms with E-state index < -0.39 is 0 Å². The van der Waals surface area contributed by atoms with Crippen molar-refractivity contribution in [3.8, 4) is 0 Å². The van der Waals surface area contributed by atoms with Crippen LogP contribution in [0.3, 0.4) is 0 Å². The maximum Gasteiger partial charge on any atom is 0.255 e. The summed E-state index contributed by atoms with van der Waals surface area (Å²) < 4.78 is 0. The van der Waals surface area contributed by atoms with E-state index in [-0.39, 0.29) is 35.5 Å². The second kappa shape index (κ2) is 9.62. The molecule has 4 amide bonds. The number of hydrogen-bond acceptors (Lipinski definition) is 4. The number of carbonyl (C=O) groups is 4. The fourth-order valence-corrected chi connectivity index (χ4v) is 4.69. The Balaban J connectivity index is 1.22. The Hall–Kier alpha value is -4.52. The van der Waals surface area contributed by atoms with E-state index >= 15 is 0 Å². The van der Waals surface area contributed by atoms with Gasteiger partial charge in [-0.25, -0.2) is 0 Å². The highest BCUT2D eigenvalue weighted by Crippen LogP contribution is 2.39. The van der Waals surface area contributed by atoms with Crippen LogP contribution in [0.5, 0.6) is 0 Å². The molecule has 0 spiro atoms. The standard InChI is InChI=1S/C29H25N3O4/c1-18-7-16-24-25(17-18)29(36)32(28(24)35)23-14-8-20(9-15-23)27(34)31-22-12-10-21(11-13-22)30-26(33)19-5-3-2-4-6-19/h2-15,24-25H,16-17H2,1H3,(H,30,33)(H,31,34)/t24-,25-/m1/s1. The smallest absolute Gasteiger partial charge is 0.255 e. The molecule has 180 valence electrons. The molecule has 3 aromatic rings. The maximum atomic E-state index is 12.9. The van der Waals surface area contributed by atoms with Crippen molar-refractivity contribution in [2.75, 3.05) is 15.5 Å². The highest BCUT2D eigenvalue weighted by Gasteiger charge is 2.48. The number of hydrogen-bond donors (Lipinski definition) is 2. The van der Waals surface area contributed by atoms with Gasteiger partial charge < -0.3 is 10.6 Å². The number of amides is 4. The van der Waals surface area contributed by atoms with Crippen LogP contribution in [0.25, 0.3) is 0 Å². The predicted molar refractivity (Wildman–Crippen MR) is 138 cm³/mol. The van der Waals surface area contributed by atoms with Gasteiger partial charge in [-0.15, -0.1) is 0 Å². The molecule has 0 radical (unpaired) electrons. The minimum Gasteiger partial charge on any atom is -0.322 e. The quantitative estimate of drug-likeness (QED) is 0.396. The molecule has 2 atom stereocenters. The number of anilines is 3. The van der Waals surface area contributed by atoms with Gasteiger partial charge in [-0.2, -0.15) is 0 Å². The van der Waals surface area contributed by atoms with E-state index in [0.717, 1.165) is 5.57 Å². The summed E-state index contributed by atoms with van der Waals surface area (Å²) in [5.74, 6) is -1.49. The third kappa shape index (κ3) is 4.55. The van der Waals surface area contributed by atoms with Gasteiger partial charge in [0.2, 0.25) is 11.8 Å². The molecule has 7 nitrogen and oxygen atoms in total. The van der Waals surface area contributed by atoms with E-state index in [4.69, 9.17) is 0 Å². The van der Waals surface area contributed by atoms with Crippen LogP contribution in [0.4, 0.5) is 17.1 Å². The number of carbonyl (C=O) groups excluding carboxylic acids is 4. The molecule has 1 aliphatic carbocycles. The van der Waals surface area contributed by atoms with Crippen LogP contribution in [0.15, 0.2) is 90.5 Å². The van der Waals surface area contributed by atoms with Crippen LogP contribution >= 0.6 is 0 Å². The SMILES string of the molecule is CC1=CC[C@H]2C(=O)N(c3ccc(C(=O)Nc4ccc(NC(=O)c5ccccc5)cc4)cc3)C(=O)[C@@H]2C1. The normalized spacial score (nSPS) is 18.9. The molecule has 5 rings (SSSR count). The van der Waals surface area contributed by atoms with Crippen molar-refractivity contribution in [3.05, 3.63) is 102 Å². The second-order valence-electron chi connectivity index (χ2n) is 9.11. The number of fused-ring (bicyclic) bond motifs is 1. The van der Waals surface area contributed by atoms with E-state index in [0.29, 0.717) is 41.0 Å². The van der Waals surface area contributed by atoms with Crippen LogP contribution < -0.4 is 15.5 Å². The number of nitrogens with zero attached hydrogens (tertiary/aromatic N) is 1. The zero-order chi connectivity index (χ0) is 25.2. The highest BCUT2D eigenvalue weighted by atomic mass is 16.2. The summed E-state index contributed by atoms with van der Waals surface area (Å²) in [5.41, 5.74) is 3.75. The van der Waals surface area contributed by atoms with Gasteiger partial charge in [0.1, 0.15) is 0 Å². The minimum atomic E-state index is -0.324. The van der Waals surface area contributed by atoms with Crippen molar-refractivity contribution in [1.82, 2.24) is 0 Å². The third-order valence-electron chi connectivity index (χ3n) is 6.65. The molecular formula is C29H25N3O4. The third-order valence-corrected chi connectivity index (χ3v) is 6.65. The molecule has 0 saturated carbocycles. The molecule has 7 heteroatoms. The Labute approximate surface area is 208 Å². The van der Waals surface area contributed by atoms with Gasteiger partial charge in [-0.3, -0.25) is 24.1 Å². The van der Waals surface area contributed by atoms with Gasteiger partial charge in [0, 0.05) is 22.5 Å². The van der Waals surface area contributed by atoms with Gasteiger partial charge in [0.15, 0.2) is 0 Å². The highest BCUT2D eigenvalue weighted by molar-refractivity contribution is 6.22. The molecule has 2 aliphatic rings. The number of allylic oxidation sites excluding steroid dienone is 2. The van der Waals surface area contributed by atoms with Gasteiger partial charge >= 0.3 is 0 Å². The van der Waals surface area contributed by atoms with Crippen molar-refractivity contribution in [2.45, 2.75) is 19.8 Å². The lowest BCUT2D eigenvalue weighted by atomic mass is 9.82. The lowest BCUT2D eigenvalue weighted by Gasteiger charge is -2.18. The fraction of sp³-hybridized carbons (Fsp3) is 0.172. The topological polar surface area (TPSA) is 95.6 Å². The van der Waals surface area contributed by atoms with E-state index in [1.165, 1.54) is 4.90 Å². The molecule has 3 aromatic carbocycles. The first kappa shape index (κ1) is 23.2. The minimum absolute atomic E-state index is 0.172. The molecule has 1 fully saturated rings. The molecule has 0 bridgehead atoms. The van der Waals surface area contributed by atoms with Gasteiger partial charge in [0.05, 0.1) is 17.5 Å². The summed E-state index contributed by atoms with van der Waals surface area (Å²) >= 11 is 0. The Kier molecular flexibility index (Phi) is 6.21. The van der Waals surface area contributed by atoms with Crippen molar-refractivity contribution >= 4 is 40.7 Å². The van der Waals surface area contributed by atoms with Crippen LogP contribution in [0, 0.1) is 11.8 Å². The van der Waals surface area contributed by atoms with E-state index in [1.807, 2.05) is 19.1 Å². The molecule has 1 saturated heterocycles. The van der Waals surface area contributed by atoms with Crippen molar-refractivity contribution in [1.29, 1.82) is 0 Å². The van der Waals surface area contributed by atoms with Gasteiger partial charge in [-0.05, 0) is 80.4 Å². The van der Waals surface area contributed by atoms with Crippen LogP contribution in [0.2, 0.25) is 0 Å². The summed E-state index contributed by atoms with van der Waals surface area (Å²) in [6, 6.07) is 22.2. The molecular weight excluding hydrogens is 454 g/mol. The molecule has 1 aliphatic heterocycles. The molecule has 36 heavy (non-hydrogen) atoms. The van der Waals surface area contributed by atoms with E-state index in [9.17, 15) is 19.2 Å². The Bertz CT molecular complexity index is 1360. The summed E-state index contributed by atoms with van der Waals surface area (Å²) in [6.07, 6.45) is 3.24. The van der Waals surface area contributed by atoms with Crippen LogP contribution in [0.1, 0.15) is 40.5 Å². The first-order chi connectivity index (χ1) is 17.4. The van der Waals surface area contributed by atoms with Gasteiger partial charge in [0.25, 0.3) is 11.8 Å². The van der Waals surface area contributed by atoms with Crippen molar-refractivity contribution < 1.29 is 19.2 Å². The van der Waals surface area contributed by atoms with Crippen molar-refractivity contribution in [2.24, 2.45) is 11.8 Å². The molecule has 0 aromatic heterocycles.